The molecular formula is C14H14FN3O2. The summed E-state index contributed by atoms with van der Waals surface area (Å²) in [5.41, 5.74) is 7.07. The van der Waals surface area contributed by atoms with E-state index in [1.54, 1.807) is 0 Å². The van der Waals surface area contributed by atoms with Crippen molar-refractivity contribution in [2.75, 3.05) is 5.32 Å². The highest BCUT2D eigenvalue weighted by molar-refractivity contribution is 5.62. The monoisotopic (exact) mass is 275 g/mol. The van der Waals surface area contributed by atoms with E-state index in [1.165, 1.54) is 12.1 Å². The molecule has 2 aromatic carbocycles. The molecular weight excluding hydrogens is 261 g/mol. The van der Waals surface area contributed by atoms with Crippen LogP contribution in [0.2, 0.25) is 0 Å². The Balaban J connectivity index is 2.14. The highest BCUT2D eigenvalue weighted by atomic mass is 19.1. The van der Waals surface area contributed by atoms with E-state index in [-0.39, 0.29) is 5.69 Å². The smallest absolute Gasteiger partial charge is 0.327 e. The number of benzene rings is 2. The number of rotatable bonds is 5. The highest BCUT2D eigenvalue weighted by Gasteiger charge is 2.19. The van der Waals surface area contributed by atoms with Gasteiger partial charge in [0.25, 0.3) is 0 Å². The number of halogens is 1. The molecule has 0 heterocycles. The molecule has 0 atom stereocenters. The van der Waals surface area contributed by atoms with E-state index >= 15 is 0 Å². The van der Waals surface area contributed by atoms with E-state index in [4.69, 9.17) is 5.73 Å². The fraction of sp³-hybridized carbons (Fsp3) is 0.143. The van der Waals surface area contributed by atoms with Gasteiger partial charge in [0.05, 0.1) is 4.92 Å². The molecule has 0 aliphatic rings. The lowest BCUT2D eigenvalue weighted by molar-refractivity contribution is -0.386. The summed E-state index contributed by atoms with van der Waals surface area (Å²) >= 11 is 0. The van der Waals surface area contributed by atoms with Gasteiger partial charge in [-0.25, -0.2) is 0 Å². The van der Waals surface area contributed by atoms with E-state index < -0.39 is 16.4 Å². The van der Waals surface area contributed by atoms with Crippen LogP contribution < -0.4 is 11.1 Å². The van der Waals surface area contributed by atoms with Gasteiger partial charge in [-0.15, -0.1) is 0 Å². The van der Waals surface area contributed by atoms with Gasteiger partial charge >= 0.3 is 5.69 Å². The zero-order chi connectivity index (χ0) is 14.5. The van der Waals surface area contributed by atoms with Gasteiger partial charge in [0.15, 0.2) is 0 Å². The molecule has 0 radical (unpaired) electrons. The van der Waals surface area contributed by atoms with Crippen LogP contribution in [0.1, 0.15) is 11.1 Å². The normalized spacial score (nSPS) is 10.3. The van der Waals surface area contributed by atoms with Gasteiger partial charge in [-0.2, -0.15) is 4.39 Å². The third-order valence-electron chi connectivity index (χ3n) is 2.91. The summed E-state index contributed by atoms with van der Waals surface area (Å²) in [5, 5.41) is 13.7. The van der Waals surface area contributed by atoms with Gasteiger partial charge in [-0.05, 0) is 23.3 Å². The first kappa shape index (κ1) is 14.0. The molecule has 0 aliphatic heterocycles. The molecule has 0 bridgehead atoms. The SMILES string of the molecule is NCc1ccc(CNc2cccc(F)c2[N+](=O)[O-])cc1. The van der Waals surface area contributed by atoms with Crippen molar-refractivity contribution in [3.63, 3.8) is 0 Å². The Kier molecular flexibility index (Phi) is 4.27. The summed E-state index contributed by atoms with van der Waals surface area (Å²) in [7, 11) is 0. The first-order chi connectivity index (χ1) is 9.61. The number of nitro groups is 1. The summed E-state index contributed by atoms with van der Waals surface area (Å²) in [5.74, 6) is -0.849. The first-order valence-electron chi connectivity index (χ1n) is 6.06. The van der Waals surface area contributed by atoms with Crippen molar-refractivity contribution >= 4 is 11.4 Å². The maximum Gasteiger partial charge on any atom is 0.327 e. The standard InChI is InChI=1S/C14H14FN3O2/c15-12-2-1-3-13(14(12)18(19)20)17-9-11-6-4-10(8-16)5-7-11/h1-7,17H,8-9,16H2. The number of anilines is 1. The molecule has 0 saturated carbocycles. The molecule has 0 fully saturated rings. The Labute approximate surface area is 115 Å². The van der Waals surface area contributed by atoms with Crippen LogP contribution in [0.4, 0.5) is 15.8 Å². The zero-order valence-corrected chi connectivity index (χ0v) is 10.7. The van der Waals surface area contributed by atoms with Crippen LogP contribution in [0.25, 0.3) is 0 Å². The number of hydrogen-bond donors (Lipinski definition) is 2. The summed E-state index contributed by atoms with van der Waals surface area (Å²) in [6, 6.07) is 11.5. The fourth-order valence-corrected chi connectivity index (χ4v) is 1.83. The summed E-state index contributed by atoms with van der Waals surface area (Å²) < 4.78 is 13.4. The third kappa shape index (κ3) is 3.10. The maximum atomic E-state index is 13.4. The second kappa shape index (κ2) is 6.12. The van der Waals surface area contributed by atoms with Crippen LogP contribution >= 0.6 is 0 Å². The quantitative estimate of drug-likeness (QED) is 0.649. The van der Waals surface area contributed by atoms with Gasteiger partial charge in [0.2, 0.25) is 5.82 Å². The molecule has 0 spiro atoms. The minimum atomic E-state index is -0.849. The second-order valence-corrected chi connectivity index (χ2v) is 4.27. The second-order valence-electron chi connectivity index (χ2n) is 4.27. The molecule has 0 aliphatic carbocycles. The van der Waals surface area contributed by atoms with E-state index in [0.717, 1.165) is 17.2 Å². The minimum absolute atomic E-state index is 0.165. The largest absolute Gasteiger partial charge is 0.375 e. The Morgan fingerprint density at radius 2 is 1.80 bits per heavy atom. The number of hydrogen-bond acceptors (Lipinski definition) is 4. The lowest BCUT2D eigenvalue weighted by atomic mass is 10.1. The van der Waals surface area contributed by atoms with Crippen molar-refractivity contribution in [3.05, 3.63) is 69.5 Å². The van der Waals surface area contributed by atoms with Crippen LogP contribution in [0.5, 0.6) is 0 Å². The van der Waals surface area contributed by atoms with Crippen molar-refractivity contribution in [3.8, 4) is 0 Å². The summed E-state index contributed by atoms with van der Waals surface area (Å²) in [4.78, 5) is 10.1. The average Bonchev–Trinajstić information content (AvgIpc) is 2.45. The molecule has 104 valence electrons. The molecule has 2 aromatic rings. The van der Waals surface area contributed by atoms with Crippen molar-refractivity contribution in [1.29, 1.82) is 0 Å². The molecule has 0 aromatic heterocycles. The van der Waals surface area contributed by atoms with E-state index in [9.17, 15) is 14.5 Å². The molecule has 0 amide bonds. The Morgan fingerprint density at radius 3 is 2.40 bits per heavy atom. The molecule has 20 heavy (non-hydrogen) atoms. The minimum Gasteiger partial charge on any atom is -0.375 e. The topological polar surface area (TPSA) is 81.2 Å². The van der Waals surface area contributed by atoms with Crippen LogP contribution in [0.3, 0.4) is 0 Å². The predicted octanol–water partition coefficient (Wildman–Crippen LogP) is 2.80. The van der Waals surface area contributed by atoms with Crippen LogP contribution in [-0.2, 0) is 13.1 Å². The fourth-order valence-electron chi connectivity index (χ4n) is 1.83. The summed E-state index contributed by atoms with van der Waals surface area (Å²) in [6.45, 7) is 0.832. The lowest BCUT2D eigenvalue weighted by Crippen LogP contribution is -2.04. The van der Waals surface area contributed by atoms with E-state index in [0.29, 0.717) is 13.1 Å². The van der Waals surface area contributed by atoms with Gasteiger partial charge in [-0.3, -0.25) is 10.1 Å². The van der Waals surface area contributed by atoms with Crippen LogP contribution in [0.15, 0.2) is 42.5 Å². The predicted molar refractivity (Wildman–Crippen MR) is 74.7 cm³/mol. The maximum absolute atomic E-state index is 13.4. The molecule has 0 saturated heterocycles. The van der Waals surface area contributed by atoms with Crippen LogP contribution in [-0.4, -0.2) is 4.92 Å². The molecule has 3 N–H and O–H groups in total. The van der Waals surface area contributed by atoms with Crippen LogP contribution in [0, 0.1) is 15.9 Å². The van der Waals surface area contributed by atoms with Crippen molar-refractivity contribution in [2.24, 2.45) is 5.73 Å². The van der Waals surface area contributed by atoms with Crippen molar-refractivity contribution < 1.29 is 9.31 Å². The van der Waals surface area contributed by atoms with Crippen molar-refractivity contribution in [2.45, 2.75) is 13.1 Å². The Bertz CT molecular complexity index is 614. The molecule has 2 rings (SSSR count). The van der Waals surface area contributed by atoms with E-state index in [1.807, 2.05) is 24.3 Å². The molecule has 0 unspecified atom stereocenters. The highest BCUT2D eigenvalue weighted by Crippen LogP contribution is 2.27. The Morgan fingerprint density at radius 1 is 1.15 bits per heavy atom. The van der Waals surface area contributed by atoms with Gasteiger partial charge in [-0.1, -0.05) is 30.3 Å². The lowest BCUT2D eigenvalue weighted by Gasteiger charge is -2.08. The Hall–Kier alpha value is -2.47. The third-order valence-corrected chi connectivity index (χ3v) is 2.91. The average molecular weight is 275 g/mol. The molecule has 5 nitrogen and oxygen atoms in total. The van der Waals surface area contributed by atoms with E-state index in [2.05, 4.69) is 5.32 Å². The number of nitrogens with two attached hydrogens (primary N) is 1. The van der Waals surface area contributed by atoms with Gasteiger partial charge in [0, 0.05) is 13.1 Å². The summed E-state index contributed by atoms with van der Waals surface area (Å²) in [6.07, 6.45) is 0. The number of para-hydroxylation sites is 1. The first-order valence-corrected chi connectivity index (χ1v) is 6.06. The van der Waals surface area contributed by atoms with Gasteiger partial charge < -0.3 is 11.1 Å². The number of nitrogens with zero attached hydrogens (tertiary/aromatic N) is 1. The molecule has 6 heteroatoms. The zero-order valence-electron chi connectivity index (χ0n) is 10.7. The van der Waals surface area contributed by atoms with Crippen molar-refractivity contribution in [1.82, 2.24) is 0 Å². The van der Waals surface area contributed by atoms with Gasteiger partial charge in [0.1, 0.15) is 5.69 Å². The number of nitro benzene ring substituents is 1. The number of nitrogens with one attached hydrogen (secondary N) is 1.